The molecule has 0 bridgehead atoms. The van der Waals surface area contributed by atoms with Crippen LogP contribution in [0.2, 0.25) is 0 Å². The van der Waals surface area contributed by atoms with Crippen LogP contribution in [0.1, 0.15) is 13.3 Å². The minimum Gasteiger partial charge on any atom is -0.488 e. The van der Waals surface area contributed by atoms with E-state index in [1.54, 1.807) is 9.80 Å². The SMILES string of the molecule is CCOCC(=O)N1C[C@@H](Oc2ccccc2)C[C@H]1C(=O)N1CCOCC1. The Morgan fingerprint density at radius 3 is 2.62 bits per heavy atom. The van der Waals surface area contributed by atoms with Gasteiger partial charge < -0.3 is 24.0 Å². The summed E-state index contributed by atoms with van der Waals surface area (Å²) in [4.78, 5) is 28.9. The highest BCUT2D eigenvalue weighted by molar-refractivity contribution is 5.89. The molecule has 0 unspecified atom stereocenters. The summed E-state index contributed by atoms with van der Waals surface area (Å²) in [5, 5.41) is 0. The third-order valence-electron chi connectivity index (χ3n) is 4.67. The van der Waals surface area contributed by atoms with Gasteiger partial charge in [0.15, 0.2) is 0 Å². The third kappa shape index (κ3) is 4.53. The molecule has 0 saturated carbocycles. The molecule has 2 amide bonds. The monoisotopic (exact) mass is 362 g/mol. The minimum absolute atomic E-state index is 0.0125. The number of para-hydroxylation sites is 1. The smallest absolute Gasteiger partial charge is 0.249 e. The molecule has 2 aliphatic rings. The molecule has 3 rings (SSSR count). The Hall–Kier alpha value is -2.12. The average Bonchev–Trinajstić information content (AvgIpc) is 3.11. The predicted octanol–water partition coefficient (Wildman–Crippen LogP) is 0.930. The number of carbonyl (C=O) groups is 2. The van der Waals surface area contributed by atoms with Gasteiger partial charge in [-0.05, 0) is 19.1 Å². The first-order valence-corrected chi connectivity index (χ1v) is 9.14. The summed E-state index contributed by atoms with van der Waals surface area (Å²) < 4.78 is 16.6. The molecule has 2 fully saturated rings. The molecule has 2 heterocycles. The number of hydrogen-bond donors (Lipinski definition) is 0. The summed E-state index contributed by atoms with van der Waals surface area (Å²) in [6.45, 7) is 4.88. The number of likely N-dealkylation sites (tertiary alicyclic amines) is 1. The van der Waals surface area contributed by atoms with Crippen LogP contribution in [-0.2, 0) is 19.1 Å². The Bertz CT molecular complexity index is 603. The Kier molecular flexibility index (Phi) is 6.46. The van der Waals surface area contributed by atoms with Crippen molar-refractivity contribution >= 4 is 11.8 Å². The first-order chi connectivity index (χ1) is 12.7. The maximum absolute atomic E-state index is 13.0. The van der Waals surface area contributed by atoms with Crippen molar-refractivity contribution in [3.05, 3.63) is 30.3 Å². The number of nitrogens with zero attached hydrogens (tertiary/aromatic N) is 2. The lowest BCUT2D eigenvalue weighted by atomic mass is 10.1. The second-order valence-electron chi connectivity index (χ2n) is 6.43. The lowest BCUT2D eigenvalue weighted by Crippen LogP contribution is -2.51. The molecule has 0 aliphatic carbocycles. The summed E-state index contributed by atoms with van der Waals surface area (Å²) in [6.07, 6.45) is 0.279. The van der Waals surface area contributed by atoms with Crippen molar-refractivity contribution in [3.63, 3.8) is 0 Å². The molecular formula is C19H26N2O5. The van der Waals surface area contributed by atoms with Crippen LogP contribution in [0.4, 0.5) is 0 Å². The highest BCUT2D eigenvalue weighted by Gasteiger charge is 2.42. The number of amides is 2. The van der Waals surface area contributed by atoms with Crippen LogP contribution < -0.4 is 4.74 Å². The summed E-state index contributed by atoms with van der Waals surface area (Å²) in [7, 11) is 0. The van der Waals surface area contributed by atoms with Crippen molar-refractivity contribution in [1.29, 1.82) is 0 Å². The van der Waals surface area contributed by atoms with Crippen molar-refractivity contribution in [2.75, 3.05) is 46.1 Å². The molecule has 7 nitrogen and oxygen atoms in total. The van der Waals surface area contributed by atoms with E-state index in [9.17, 15) is 9.59 Å². The zero-order chi connectivity index (χ0) is 18.4. The van der Waals surface area contributed by atoms with Gasteiger partial charge in [0.1, 0.15) is 24.5 Å². The number of hydrogen-bond acceptors (Lipinski definition) is 5. The van der Waals surface area contributed by atoms with E-state index in [1.165, 1.54) is 0 Å². The zero-order valence-electron chi connectivity index (χ0n) is 15.1. The normalized spacial score (nSPS) is 23.1. The fourth-order valence-electron chi connectivity index (χ4n) is 3.35. The van der Waals surface area contributed by atoms with Crippen molar-refractivity contribution in [2.45, 2.75) is 25.5 Å². The Labute approximate surface area is 153 Å². The molecule has 7 heteroatoms. The average molecular weight is 362 g/mol. The van der Waals surface area contributed by atoms with E-state index in [4.69, 9.17) is 14.2 Å². The van der Waals surface area contributed by atoms with Crippen molar-refractivity contribution in [1.82, 2.24) is 9.80 Å². The van der Waals surface area contributed by atoms with Gasteiger partial charge >= 0.3 is 0 Å². The second-order valence-corrected chi connectivity index (χ2v) is 6.43. The van der Waals surface area contributed by atoms with Gasteiger partial charge in [-0.15, -0.1) is 0 Å². The summed E-state index contributed by atoms with van der Waals surface area (Å²) >= 11 is 0. The molecule has 2 saturated heterocycles. The molecule has 142 valence electrons. The van der Waals surface area contributed by atoms with Crippen LogP contribution in [0.25, 0.3) is 0 Å². The number of benzene rings is 1. The van der Waals surface area contributed by atoms with Crippen molar-refractivity contribution < 1.29 is 23.8 Å². The van der Waals surface area contributed by atoms with Gasteiger partial charge in [-0.2, -0.15) is 0 Å². The summed E-state index contributed by atoms with van der Waals surface area (Å²) in [6, 6.07) is 8.98. The van der Waals surface area contributed by atoms with E-state index in [1.807, 2.05) is 37.3 Å². The first-order valence-electron chi connectivity index (χ1n) is 9.14. The molecule has 1 aromatic rings. The molecule has 0 aromatic heterocycles. The van der Waals surface area contributed by atoms with Crippen molar-refractivity contribution in [2.24, 2.45) is 0 Å². The lowest BCUT2D eigenvalue weighted by Gasteiger charge is -2.32. The van der Waals surface area contributed by atoms with Gasteiger partial charge in [0.25, 0.3) is 0 Å². The highest BCUT2D eigenvalue weighted by Crippen LogP contribution is 2.25. The predicted molar refractivity (Wildman–Crippen MR) is 94.9 cm³/mol. The van der Waals surface area contributed by atoms with E-state index in [0.29, 0.717) is 45.9 Å². The van der Waals surface area contributed by atoms with Crippen LogP contribution in [0.5, 0.6) is 5.75 Å². The molecule has 0 N–H and O–H groups in total. The van der Waals surface area contributed by atoms with Crippen LogP contribution in [0.3, 0.4) is 0 Å². The van der Waals surface area contributed by atoms with Gasteiger partial charge in [-0.25, -0.2) is 0 Å². The molecule has 1 aromatic carbocycles. The van der Waals surface area contributed by atoms with Crippen LogP contribution in [0.15, 0.2) is 30.3 Å². The molecule has 2 atom stereocenters. The minimum atomic E-state index is -0.505. The number of morpholine rings is 1. The fraction of sp³-hybridized carbons (Fsp3) is 0.579. The van der Waals surface area contributed by atoms with E-state index in [2.05, 4.69) is 0 Å². The van der Waals surface area contributed by atoms with Gasteiger partial charge in [0, 0.05) is 26.1 Å². The molecule has 0 radical (unpaired) electrons. The number of ether oxygens (including phenoxy) is 3. The van der Waals surface area contributed by atoms with Gasteiger partial charge in [0.2, 0.25) is 11.8 Å². The largest absolute Gasteiger partial charge is 0.488 e. The molecule has 0 spiro atoms. The zero-order valence-corrected chi connectivity index (χ0v) is 15.1. The number of carbonyl (C=O) groups excluding carboxylic acids is 2. The topological polar surface area (TPSA) is 68.3 Å². The van der Waals surface area contributed by atoms with E-state index < -0.39 is 6.04 Å². The van der Waals surface area contributed by atoms with E-state index in [-0.39, 0.29) is 24.5 Å². The van der Waals surface area contributed by atoms with E-state index >= 15 is 0 Å². The number of rotatable bonds is 6. The molecule has 2 aliphatic heterocycles. The molecule has 26 heavy (non-hydrogen) atoms. The summed E-state index contributed by atoms with van der Waals surface area (Å²) in [5.41, 5.74) is 0. The third-order valence-corrected chi connectivity index (χ3v) is 4.67. The lowest BCUT2D eigenvalue weighted by molar-refractivity contribution is -0.148. The van der Waals surface area contributed by atoms with E-state index in [0.717, 1.165) is 5.75 Å². The van der Waals surface area contributed by atoms with Crippen LogP contribution in [-0.4, -0.2) is 79.8 Å². The van der Waals surface area contributed by atoms with Gasteiger partial charge in [-0.3, -0.25) is 9.59 Å². The Morgan fingerprint density at radius 1 is 1.19 bits per heavy atom. The standard InChI is InChI=1S/C19H26N2O5/c1-2-24-14-18(22)21-13-16(26-15-6-4-3-5-7-15)12-17(21)19(23)20-8-10-25-11-9-20/h3-7,16-17H,2,8-14H2,1H3/t16-,17-/m0/s1. The molecular weight excluding hydrogens is 336 g/mol. The Morgan fingerprint density at radius 2 is 1.92 bits per heavy atom. The Balaban J connectivity index is 1.70. The summed E-state index contributed by atoms with van der Waals surface area (Å²) in [5.74, 6) is 0.545. The quantitative estimate of drug-likeness (QED) is 0.753. The van der Waals surface area contributed by atoms with Crippen LogP contribution >= 0.6 is 0 Å². The van der Waals surface area contributed by atoms with Gasteiger partial charge in [-0.1, -0.05) is 18.2 Å². The second kappa shape index (κ2) is 9.00. The van der Waals surface area contributed by atoms with Crippen LogP contribution in [0, 0.1) is 0 Å². The van der Waals surface area contributed by atoms with Gasteiger partial charge in [0.05, 0.1) is 19.8 Å². The maximum Gasteiger partial charge on any atom is 0.249 e. The maximum atomic E-state index is 13.0. The first kappa shape index (κ1) is 18.7. The highest BCUT2D eigenvalue weighted by atomic mass is 16.5. The van der Waals surface area contributed by atoms with Crippen molar-refractivity contribution in [3.8, 4) is 5.75 Å². The fourth-order valence-corrected chi connectivity index (χ4v) is 3.35.